The highest BCUT2D eigenvalue weighted by Crippen LogP contribution is 2.67. The molecule has 1 aromatic carbocycles. The molecule has 328 valence electrons. The first-order valence-electron chi connectivity index (χ1n) is 24.2. The van der Waals surface area contributed by atoms with Gasteiger partial charge in [0.25, 0.3) is 0 Å². The number of rotatable bonds is 26. The van der Waals surface area contributed by atoms with Crippen molar-refractivity contribution in [2.24, 2.45) is 40.4 Å². The summed E-state index contributed by atoms with van der Waals surface area (Å²) < 4.78 is 12.7. The molecule has 0 spiro atoms. The van der Waals surface area contributed by atoms with Crippen LogP contribution < -0.4 is 20.1 Å². The van der Waals surface area contributed by atoms with Crippen LogP contribution in [0.5, 0.6) is 11.5 Å². The highest BCUT2D eigenvalue weighted by molar-refractivity contribution is 5.79. The predicted molar refractivity (Wildman–Crippen MR) is 234 cm³/mol. The van der Waals surface area contributed by atoms with Gasteiger partial charge in [-0.15, -0.1) is 0 Å². The van der Waals surface area contributed by atoms with E-state index in [0.717, 1.165) is 166 Å². The Kier molecular flexibility index (Phi) is 18.7. The van der Waals surface area contributed by atoms with Crippen LogP contribution in [0.25, 0.3) is 0 Å². The summed E-state index contributed by atoms with van der Waals surface area (Å²) in [7, 11) is 0. The molecule has 0 saturated heterocycles. The summed E-state index contributed by atoms with van der Waals surface area (Å²) in [4.78, 5) is 37.2. The third kappa shape index (κ3) is 12.9. The van der Waals surface area contributed by atoms with Crippen molar-refractivity contribution in [2.75, 3.05) is 26.3 Å². The Morgan fingerprint density at radius 3 is 1.93 bits per heavy atom. The SMILES string of the molecule is CCCCCNC(=O)CCCCCOc1cc(CCCC2CC3CC(=O)CC[C@]3(C)[C@@H]3CC[C@]4(C)C(O)CC[C@H]4[C@H]23)cc(OCCCCCC(=O)NCCCCC)c1. The van der Waals surface area contributed by atoms with Crippen molar-refractivity contribution < 1.29 is 29.0 Å². The number of aliphatic hydroxyl groups is 1. The van der Waals surface area contributed by atoms with Crippen LogP contribution in [0.4, 0.5) is 0 Å². The highest BCUT2D eigenvalue weighted by atomic mass is 16.5. The van der Waals surface area contributed by atoms with Crippen LogP contribution in [0.2, 0.25) is 0 Å². The number of ketones is 1. The van der Waals surface area contributed by atoms with Gasteiger partial charge in [-0.25, -0.2) is 0 Å². The van der Waals surface area contributed by atoms with Crippen LogP contribution in [0.3, 0.4) is 0 Å². The molecule has 2 amide bonds. The van der Waals surface area contributed by atoms with E-state index in [0.29, 0.717) is 61.4 Å². The Labute approximate surface area is 352 Å². The lowest BCUT2D eigenvalue weighted by atomic mass is 9.42. The van der Waals surface area contributed by atoms with Crippen molar-refractivity contribution >= 4 is 17.6 Å². The summed E-state index contributed by atoms with van der Waals surface area (Å²) in [5.74, 6) is 5.43. The maximum Gasteiger partial charge on any atom is 0.219 e. The van der Waals surface area contributed by atoms with Gasteiger partial charge in [-0.3, -0.25) is 14.4 Å². The van der Waals surface area contributed by atoms with E-state index in [1.165, 1.54) is 12.0 Å². The number of ether oxygens (including phenoxy) is 2. The van der Waals surface area contributed by atoms with E-state index < -0.39 is 0 Å². The number of hydrogen-bond donors (Lipinski definition) is 3. The van der Waals surface area contributed by atoms with Gasteiger partial charge < -0.3 is 25.2 Å². The number of fused-ring (bicyclic) bond motifs is 5. The Morgan fingerprint density at radius 1 is 0.724 bits per heavy atom. The fourth-order valence-corrected chi connectivity index (χ4v) is 11.9. The van der Waals surface area contributed by atoms with E-state index in [4.69, 9.17) is 9.47 Å². The van der Waals surface area contributed by atoms with Gasteiger partial charge in [-0.2, -0.15) is 0 Å². The molecular weight excluding hydrogens is 725 g/mol. The molecule has 58 heavy (non-hydrogen) atoms. The summed E-state index contributed by atoms with van der Waals surface area (Å²) in [5.41, 5.74) is 1.53. The molecule has 5 rings (SSSR count). The number of aryl methyl sites for hydroxylation is 1. The fourth-order valence-electron chi connectivity index (χ4n) is 11.9. The standard InChI is InChI=1S/C50H82N2O6/c1-5-7-13-28-51-46(55)20-11-9-15-30-57-41-32-37(33-42(36-41)58-31-16-10-12-21-47(56)52-29-14-8-6-2)18-17-19-38-34-39-35-40(53)24-26-49(39,3)44-25-27-50(4)43(48(38)44)22-23-45(50)54/h32-33,36,38-39,43-45,48,54H,5-31,34-35H2,1-4H3,(H,51,55)(H,52,56)/t38?,39?,43-,44+,45?,48-,49-,50-/m0/s1. The largest absolute Gasteiger partial charge is 0.493 e. The second kappa shape index (κ2) is 23.4. The minimum absolute atomic E-state index is 0.0341. The second-order valence-corrected chi connectivity index (χ2v) is 19.5. The quantitative estimate of drug-likeness (QED) is 0.0804. The summed E-state index contributed by atoms with van der Waals surface area (Å²) in [6.45, 7) is 12.0. The van der Waals surface area contributed by atoms with Crippen LogP contribution in [0.1, 0.15) is 187 Å². The Bertz CT molecular complexity index is 1380. The maximum absolute atomic E-state index is 12.8. The van der Waals surface area contributed by atoms with Gasteiger partial charge in [0.05, 0.1) is 19.3 Å². The number of carbonyl (C=O) groups excluding carboxylic acids is 3. The lowest BCUT2D eigenvalue weighted by Crippen LogP contribution is -2.57. The Morgan fingerprint density at radius 2 is 1.33 bits per heavy atom. The molecular formula is C50H82N2O6. The first-order chi connectivity index (χ1) is 28.1. The normalized spacial score (nSPS) is 28.9. The number of hydrogen-bond acceptors (Lipinski definition) is 6. The third-order valence-electron chi connectivity index (χ3n) is 15.4. The third-order valence-corrected chi connectivity index (χ3v) is 15.4. The highest BCUT2D eigenvalue weighted by Gasteiger charge is 2.62. The monoisotopic (exact) mass is 807 g/mol. The molecule has 8 atom stereocenters. The van der Waals surface area contributed by atoms with Crippen molar-refractivity contribution in [2.45, 2.75) is 194 Å². The number of carbonyl (C=O) groups is 3. The first kappa shape index (κ1) is 46.5. The van der Waals surface area contributed by atoms with Gasteiger partial charge >= 0.3 is 0 Å². The van der Waals surface area contributed by atoms with Crippen LogP contribution in [0.15, 0.2) is 18.2 Å². The molecule has 0 heterocycles. The van der Waals surface area contributed by atoms with E-state index in [9.17, 15) is 19.5 Å². The number of unbranched alkanes of at least 4 members (excludes halogenated alkanes) is 8. The molecule has 4 aliphatic rings. The lowest BCUT2D eigenvalue weighted by molar-refractivity contribution is -0.156. The van der Waals surface area contributed by atoms with Gasteiger partial charge in [0, 0.05) is 44.8 Å². The van der Waals surface area contributed by atoms with Crippen molar-refractivity contribution in [1.29, 1.82) is 0 Å². The van der Waals surface area contributed by atoms with E-state index in [2.05, 4.69) is 50.5 Å². The summed E-state index contributed by atoms with van der Waals surface area (Å²) in [6, 6.07) is 6.42. The van der Waals surface area contributed by atoms with Gasteiger partial charge in [0.1, 0.15) is 17.3 Å². The molecule has 0 radical (unpaired) electrons. The number of amides is 2. The lowest BCUT2D eigenvalue weighted by Gasteiger charge is -2.62. The van der Waals surface area contributed by atoms with Gasteiger partial charge in [-0.05, 0) is 167 Å². The molecule has 0 aromatic heterocycles. The summed E-state index contributed by atoms with van der Waals surface area (Å²) >= 11 is 0. The average molecular weight is 807 g/mol. The molecule has 3 N–H and O–H groups in total. The number of benzene rings is 1. The van der Waals surface area contributed by atoms with E-state index in [1.807, 2.05) is 6.07 Å². The molecule has 0 aliphatic heterocycles. The van der Waals surface area contributed by atoms with E-state index >= 15 is 0 Å². The first-order valence-corrected chi connectivity index (χ1v) is 24.2. The van der Waals surface area contributed by atoms with Gasteiger partial charge in [-0.1, -0.05) is 53.4 Å². The van der Waals surface area contributed by atoms with Gasteiger partial charge in [0.2, 0.25) is 11.8 Å². The molecule has 3 unspecified atom stereocenters. The smallest absolute Gasteiger partial charge is 0.219 e. The number of Topliss-reactive ketones (excluding diaryl/α,β-unsaturated/α-hetero) is 1. The van der Waals surface area contributed by atoms with Crippen LogP contribution in [0, 0.1) is 40.4 Å². The molecule has 0 bridgehead atoms. The molecule has 4 aliphatic carbocycles. The van der Waals surface area contributed by atoms with Crippen LogP contribution in [-0.4, -0.2) is 55.1 Å². The maximum atomic E-state index is 12.8. The molecule has 8 heteroatoms. The Balaban J connectivity index is 1.16. The zero-order valence-corrected chi connectivity index (χ0v) is 37.2. The molecule has 4 saturated carbocycles. The minimum atomic E-state index is -0.182. The summed E-state index contributed by atoms with van der Waals surface area (Å²) in [5, 5.41) is 17.3. The van der Waals surface area contributed by atoms with Crippen molar-refractivity contribution in [3.63, 3.8) is 0 Å². The predicted octanol–water partition coefficient (Wildman–Crippen LogP) is 10.7. The molecule has 4 fully saturated rings. The van der Waals surface area contributed by atoms with Crippen molar-refractivity contribution in [3.8, 4) is 11.5 Å². The van der Waals surface area contributed by atoms with Crippen molar-refractivity contribution in [3.05, 3.63) is 23.8 Å². The molecule has 1 aromatic rings. The van der Waals surface area contributed by atoms with Crippen LogP contribution in [-0.2, 0) is 20.8 Å². The van der Waals surface area contributed by atoms with Crippen LogP contribution >= 0.6 is 0 Å². The van der Waals surface area contributed by atoms with E-state index in [-0.39, 0.29) is 28.7 Å². The van der Waals surface area contributed by atoms with Gasteiger partial charge in [0.15, 0.2) is 0 Å². The summed E-state index contributed by atoms with van der Waals surface area (Å²) in [6.07, 6.45) is 24.5. The molecule has 8 nitrogen and oxygen atoms in total. The Hall–Kier alpha value is -2.61. The number of nitrogens with one attached hydrogen (secondary N) is 2. The zero-order chi connectivity index (χ0) is 41.4. The number of aliphatic hydroxyl groups excluding tert-OH is 1. The average Bonchev–Trinajstić information content (AvgIpc) is 3.51. The van der Waals surface area contributed by atoms with E-state index in [1.54, 1.807) is 0 Å². The second-order valence-electron chi connectivity index (χ2n) is 19.5. The zero-order valence-electron chi connectivity index (χ0n) is 37.2. The van der Waals surface area contributed by atoms with Crippen molar-refractivity contribution in [1.82, 2.24) is 10.6 Å². The fraction of sp³-hybridized carbons (Fsp3) is 0.820. The topological polar surface area (TPSA) is 114 Å². The minimum Gasteiger partial charge on any atom is -0.493 e.